The van der Waals surface area contributed by atoms with Crippen LogP contribution in [0.1, 0.15) is 39.2 Å². The standard InChI is InChI=1S/C16H23N3OS/c1-11-10-12(17-15(21)18-16(2,3)4)7-8-13(11)19-9-5-6-14(19)20/h7-8,10H,5-6,9H2,1-4H3,(H2,17,18,21). The van der Waals surface area contributed by atoms with Crippen LogP contribution in [0.5, 0.6) is 0 Å². The van der Waals surface area contributed by atoms with E-state index in [2.05, 4.69) is 31.4 Å². The molecule has 1 aliphatic rings. The number of amides is 1. The van der Waals surface area contributed by atoms with Gasteiger partial charge in [0.2, 0.25) is 5.91 Å². The van der Waals surface area contributed by atoms with Gasteiger partial charge in [-0.25, -0.2) is 0 Å². The maximum atomic E-state index is 11.8. The molecule has 1 fully saturated rings. The molecule has 0 aromatic heterocycles. The molecular weight excluding hydrogens is 282 g/mol. The lowest BCUT2D eigenvalue weighted by Gasteiger charge is -2.24. The van der Waals surface area contributed by atoms with Gasteiger partial charge in [-0.2, -0.15) is 0 Å². The van der Waals surface area contributed by atoms with E-state index in [9.17, 15) is 4.79 Å². The molecule has 2 rings (SSSR count). The summed E-state index contributed by atoms with van der Waals surface area (Å²) < 4.78 is 0. The number of rotatable bonds is 2. The van der Waals surface area contributed by atoms with Crippen molar-refractivity contribution < 1.29 is 4.79 Å². The zero-order chi connectivity index (χ0) is 15.6. The van der Waals surface area contributed by atoms with E-state index >= 15 is 0 Å². The summed E-state index contributed by atoms with van der Waals surface area (Å²) in [6.07, 6.45) is 1.59. The highest BCUT2D eigenvalue weighted by atomic mass is 32.1. The first-order valence-electron chi connectivity index (χ1n) is 7.26. The second kappa shape index (κ2) is 6.02. The maximum Gasteiger partial charge on any atom is 0.227 e. The van der Waals surface area contributed by atoms with Gasteiger partial charge in [-0.3, -0.25) is 4.79 Å². The number of nitrogens with one attached hydrogen (secondary N) is 2. The van der Waals surface area contributed by atoms with E-state index in [4.69, 9.17) is 12.2 Å². The van der Waals surface area contributed by atoms with E-state index < -0.39 is 0 Å². The molecule has 4 nitrogen and oxygen atoms in total. The summed E-state index contributed by atoms with van der Waals surface area (Å²) in [6.45, 7) is 9.03. The van der Waals surface area contributed by atoms with Crippen molar-refractivity contribution in [1.82, 2.24) is 5.32 Å². The van der Waals surface area contributed by atoms with E-state index in [1.165, 1.54) is 0 Å². The Bertz CT molecular complexity index is 563. The van der Waals surface area contributed by atoms with Crippen molar-refractivity contribution in [3.63, 3.8) is 0 Å². The van der Waals surface area contributed by atoms with Crippen molar-refractivity contribution in [2.45, 2.75) is 46.1 Å². The largest absolute Gasteiger partial charge is 0.358 e. The van der Waals surface area contributed by atoms with Gasteiger partial charge in [0.1, 0.15) is 0 Å². The van der Waals surface area contributed by atoms with Gasteiger partial charge in [0.25, 0.3) is 0 Å². The Morgan fingerprint density at radius 3 is 2.57 bits per heavy atom. The molecule has 1 amide bonds. The first kappa shape index (κ1) is 15.8. The van der Waals surface area contributed by atoms with Crippen LogP contribution in [-0.2, 0) is 4.79 Å². The highest BCUT2D eigenvalue weighted by Gasteiger charge is 2.23. The highest BCUT2D eigenvalue weighted by Crippen LogP contribution is 2.27. The van der Waals surface area contributed by atoms with Crippen LogP contribution in [0, 0.1) is 6.92 Å². The van der Waals surface area contributed by atoms with E-state index in [1.807, 2.05) is 30.0 Å². The Kier molecular flexibility index (Phi) is 4.52. The number of aryl methyl sites for hydroxylation is 1. The van der Waals surface area contributed by atoms with Crippen LogP contribution in [0.25, 0.3) is 0 Å². The number of hydrogen-bond donors (Lipinski definition) is 2. The minimum absolute atomic E-state index is 0.0684. The van der Waals surface area contributed by atoms with Crippen molar-refractivity contribution in [2.24, 2.45) is 0 Å². The molecule has 1 aromatic rings. The number of thiocarbonyl (C=S) groups is 1. The molecule has 0 saturated carbocycles. The van der Waals surface area contributed by atoms with Crippen LogP contribution >= 0.6 is 12.2 Å². The molecular formula is C16H23N3OS. The number of hydrogen-bond acceptors (Lipinski definition) is 2. The van der Waals surface area contributed by atoms with Gasteiger partial charge in [0.15, 0.2) is 5.11 Å². The van der Waals surface area contributed by atoms with Crippen LogP contribution in [-0.4, -0.2) is 23.1 Å². The molecule has 1 saturated heterocycles. The summed E-state index contributed by atoms with van der Waals surface area (Å²) in [4.78, 5) is 13.7. The van der Waals surface area contributed by atoms with Crippen LogP contribution in [0.2, 0.25) is 0 Å². The minimum atomic E-state index is -0.0684. The molecule has 1 heterocycles. The normalized spacial score (nSPS) is 15.2. The van der Waals surface area contributed by atoms with Gasteiger partial charge in [-0.1, -0.05) is 0 Å². The summed E-state index contributed by atoms with van der Waals surface area (Å²) in [5.74, 6) is 0.212. The van der Waals surface area contributed by atoms with E-state index in [-0.39, 0.29) is 11.4 Å². The van der Waals surface area contributed by atoms with E-state index in [1.54, 1.807) is 0 Å². The molecule has 0 atom stereocenters. The molecule has 114 valence electrons. The van der Waals surface area contributed by atoms with Crippen molar-refractivity contribution in [3.05, 3.63) is 23.8 Å². The van der Waals surface area contributed by atoms with Crippen LogP contribution < -0.4 is 15.5 Å². The fraction of sp³-hybridized carbons (Fsp3) is 0.500. The first-order valence-corrected chi connectivity index (χ1v) is 7.67. The third-order valence-electron chi connectivity index (χ3n) is 3.31. The quantitative estimate of drug-likeness (QED) is 0.824. The monoisotopic (exact) mass is 305 g/mol. The lowest BCUT2D eigenvalue weighted by atomic mass is 10.1. The predicted octanol–water partition coefficient (Wildman–Crippen LogP) is 3.21. The maximum absolute atomic E-state index is 11.8. The second-order valence-electron chi connectivity index (χ2n) is 6.48. The molecule has 0 radical (unpaired) electrons. The number of carbonyl (C=O) groups excluding carboxylic acids is 1. The Labute approximate surface area is 131 Å². The van der Waals surface area contributed by atoms with Crippen molar-refractivity contribution in [3.8, 4) is 0 Å². The molecule has 0 aliphatic carbocycles. The average molecular weight is 305 g/mol. The molecule has 5 heteroatoms. The van der Waals surface area contributed by atoms with Gasteiger partial charge in [-0.05, 0) is 70.1 Å². The lowest BCUT2D eigenvalue weighted by molar-refractivity contribution is -0.117. The van der Waals surface area contributed by atoms with Crippen LogP contribution in [0.4, 0.5) is 11.4 Å². The minimum Gasteiger partial charge on any atom is -0.358 e. The summed E-state index contributed by atoms with van der Waals surface area (Å²) in [5.41, 5.74) is 2.94. The Balaban J connectivity index is 2.09. The smallest absolute Gasteiger partial charge is 0.227 e. The summed E-state index contributed by atoms with van der Waals surface area (Å²) in [5, 5.41) is 7.01. The Morgan fingerprint density at radius 2 is 2.05 bits per heavy atom. The molecule has 1 aliphatic heterocycles. The molecule has 1 aromatic carbocycles. The third-order valence-corrected chi connectivity index (χ3v) is 3.51. The van der Waals surface area contributed by atoms with E-state index in [0.29, 0.717) is 11.5 Å². The second-order valence-corrected chi connectivity index (χ2v) is 6.89. The van der Waals surface area contributed by atoms with Gasteiger partial charge in [0, 0.05) is 29.9 Å². The SMILES string of the molecule is Cc1cc(NC(=S)NC(C)(C)C)ccc1N1CCCC1=O. The lowest BCUT2D eigenvalue weighted by Crippen LogP contribution is -2.42. The summed E-state index contributed by atoms with van der Waals surface area (Å²) >= 11 is 5.30. The predicted molar refractivity (Wildman–Crippen MR) is 91.9 cm³/mol. The first-order chi connectivity index (χ1) is 9.76. The number of carbonyl (C=O) groups is 1. The summed E-state index contributed by atoms with van der Waals surface area (Å²) in [7, 11) is 0. The Hall–Kier alpha value is -1.62. The van der Waals surface area contributed by atoms with Crippen LogP contribution in [0.3, 0.4) is 0 Å². The molecule has 21 heavy (non-hydrogen) atoms. The van der Waals surface area contributed by atoms with E-state index in [0.717, 1.165) is 29.9 Å². The topological polar surface area (TPSA) is 44.4 Å². The zero-order valence-electron chi connectivity index (χ0n) is 13.1. The van der Waals surface area contributed by atoms with Crippen molar-refractivity contribution in [1.29, 1.82) is 0 Å². The number of benzene rings is 1. The van der Waals surface area contributed by atoms with Gasteiger partial charge >= 0.3 is 0 Å². The Morgan fingerprint density at radius 1 is 1.33 bits per heavy atom. The summed E-state index contributed by atoms with van der Waals surface area (Å²) in [6, 6.07) is 5.97. The third kappa shape index (κ3) is 4.17. The number of anilines is 2. The molecule has 0 bridgehead atoms. The molecule has 0 unspecified atom stereocenters. The molecule has 2 N–H and O–H groups in total. The highest BCUT2D eigenvalue weighted by molar-refractivity contribution is 7.80. The fourth-order valence-corrected chi connectivity index (χ4v) is 2.87. The fourth-order valence-electron chi connectivity index (χ4n) is 2.44. The van der Waals surface area contributed by atoms with Gasteiger partial charge in [-0.15, -0.1) is 0 Å². The number of nitrogens with zero attached hydrogens (tertiary/aromatic N) is 1. The van der Waals surface area contributed by atoms with Crippen LogP contribution in [0.15, 0.2) is 18.2 Å². The van der Waals surface area contributed by atoms with Gasteiger partial charge < -0.3 is 15.5 Å². The molecule has 0 spiro atoms. The van der Waals surface area contributed by atoms with Gasteiger partial charge in [0.05, 0.1) is 0 Å². The van der Waals surface area contributed by atoms with Crippen molar-refractivity contribution in [2.75, 3.05) is 16.8 Å². The zero-order valence-corrected chi connectivity index (χ0v) is 13.9. The average Bonchev–Trinajstić information content (AvgIpc) is 2.73. The van der Waals surface area contributed by atoms with Crippen molar-refractivity contribution >= 4 is 34.6 Å².